The van der Waals surface area contributed by atoms with Gasteiger partial charge in [0.05, 0.1) is 33.8 Å². The lowest BCUT2D eigenvalue weighted by atomic mass is 9.99. The molecule has 0 N–H and O–H groups in total. The fourth-order valence-electron chi connectivity index (χ4n) is 11.9. The van der Waals surface area contributed by atoms with Gasteiger partial charge in [-0.05, 0) is 77.7 Å². The Morgan fingerprint density at radius 3 is 1.66 bits per heavy atom. The lowest BCUT2D eigenvalue weighted by Gasteiger charge is -2.18. The number of benzene rings is 9. The second kappa shape index (κ2) is 17.9. The van der Waals surface area contributed by atoms with Crippen LogP contribution in [0.15, 0.2) is 255 Å². The van der Waals surface area contributed by atoms with E-state index in [-0.39, 0.29) is 6.04 Å². The first-order valence-electron chi connectivity index (χ1n) is 26.2. The van der Waals surface area contributed by atoms with Crippen molar-refractivity contribution in [2.75, 3.05) is 0 Å². The van der Waals surface area contributed by atoms with Crippen LogP contribution >= 0.6 is 0 Å². The first-order chi connectivity index (χ1) is 37.7. The fraction of sp³-hybridized carbons (Fsp3) is 0.0429. The number of nitrogens with zero attached hydrogens (tertiary/aromatic N) is 6. The van der Waals surface area contributed by atoms with Crippen molar-refractivity contribution in [3.8, 4) is 67.8 Å². The van der Waals surface area contributed by atoms with Gasteiger partial charge in [-0.25, -0.2) is 15.0 Å². The SMILES string of the molecule is C1=CCc2c(c3ccccc3n2-c2cc(-c3nc(-c4ccccc4)nc(-c4ccccc4)n3)ccc2-c2ccc(-n3c4ccccc4c4cc(-c5ccc6c7ccccc7n(C7C=CC=CC7)c6c5)ccc43)cc2)C=C1. The van der Waals surface area contributed by atoms with Crippen molar-refractivity contribution in [1.29, 1.82) is 0 Å². The highest BCUT2D eigenvalue weighted by molar-refractivity contribution is 6.12. The maximum Gasteiger partial charge on any atom is 0.164 e. The molecule has 0 amide bonds. The zero-order valence-electron chi connectivity index (χ0n) is 41.5. The molecule has 4 aromatic heterocycles. The molecular weight excluding hydrogens is 925 g/mol. The standard InChI is InChI=1S/C70H48N6/c1-5-19-47(20-6-1)68-71-69(48-21-7-2-8-22-48)73-70(72-68)51-36-40-54(66(45-51)76-63-29-12-4-11-25-55(63)56-26-14-18-32-64(56)76)46-33-38-53(39-34-46)74-62-31-17-15-28-58(62)60-43-49(37-42-65(60)74)50-35-41-59-57-27-13-16-30-61(57)75(67(59)44-50)52-23-9-3-10-24-52/h1-23,25-28,30-45,52H,24,29H2. The topological polar surface area (TPSA) is 53.5 Å². The van der Waals surface area contributed by atoms with Crippen LogP contribution in [0, 0.1) is 0 Å². The summed E-state index contributed by atoms with van der Waals surface area (Å²) in [5, 5.41) is 6.25. The van der Waals surface area contributed by atoms with Crippen LogP contribution in [0.5, 0.6) is 0 Å². The van der Waals surface area contributed by atoms with E-state index in [0.29, 0.717) is 17.5 Å². The third-order valence-corrected chi connectivity index (χ3v) is 15.5. The van der Waals surface area contributed by atoms with Crippen LogP contribution in [-0.4, -0.2) is 28.7 Å². The van der Waals surface area contributed by atoms with Gasteiger partial charge in [0, 0.05) is 78.1 Å². The number of rotatable bonds is 8. The number of para-hydroxylation sites is 3. The summed E-state index contributed by atoms with van der Waals surface area (Å²) in [6.07, 6.45) is 19.5. The summed E-state index contributed by atoms with van der Waals surface area (Å²) < 4.78 is 7.41. The Morgan fingerprint density at radius 2 is 0.934 bits per heavy atom. The van der Waals surface area contributed by atoms with Crippen molar-refractivity contribution in [1.82, 2.24) is 28.7 Å². The molecular formula is C70H48N6. The number of aromatic nitrogens is 6. The van der Waals surface area contributed by atoms with Crippen LogP contribution in [0.4, 0.5) is 0 Å². The number of hydrogen-bond acceptors (Lipinski definition) is 3. The van der Waals surface area contributed by atoms with E-state index in [9.17, 15) is 0 Å². The lowest BCUT2D eigenvalue weighted by molar-refractivity contribution is 0.648. The number of fused-ring (bicyclic) bond motifs is 9. The van der Waals surface area contributed by atoms with Gasteiger partial charge < -0.3 is 13.7 Å². The smallest absolute Gasteiger partial charge is 0.164 e. The molecule has 6 nitrogen and oxygen atoms in total. The zero-order chi connectivity index (χ0) is 50.1. The molecule has 358 valence electrons. The molecule has 2 aliphatic rings. The van der Waals surface area contributed by atoms with Crippen molar-refractivity contribution in [2.45, 2.75) is 18.9 Å². The molecule has 4 heterocycles. The van der Waals surface area contributed by atoms with Gasteiger partial charge in [0.15, 0.2) is 17.5 Å². The molecule has 0 saturated carbocycles. The third-order valence-electron chi connectivity index (χ3n) is 15.5. The Bertz CT molecular complexity index is 4510. The Labute approximate surface area is 439 Å². The van der Waals surface area contributed by atoms with Crippen LogP contribution in [0.3, 0.4) is 0 Å². The van der Waals surface area contributed by atoms with E-state index in [1.54, 1.807) is 0 Å². The van der Waals surface area contributed by atoms with Gasteiger partial charge >= 0.3 is 0 Å². The minimum absolute atomic E-state index is 0.267. The minimum Gasteiger partial charge on any atom is -0.333 e. The van der Waals surface area contributed by atoms with Crippen LogP contribution in [0.25, 0.3) is 128 Å². The predicted molar refractivity (Wildman–Crippen MR) is 315 cm³/mol. The van der Waals surface area contributed by atoms with E-state index < -0.39 is 0 Å². The highest BCUT2D eigenvalue weighted by Crippen LogP contribution is 2.42. The summed E-state index contributed by atoms with van der Waals surface area (Å²) in [6.45, 7) is 0. The minimum atomic E-state index is 0.267. The Kier molecular flexibility index (Phi) is 10.3. The van der Waals surface area contributed by atoms with Gasteiger partial charge in [-0.15, -0.1) is 0 Å². The van der Waals surface area contributed by atoms with Crippen molar-refractivity contribution in [2.24, 2.45) is 0 Å². The second-order valence-corrected chi connectivity index (χ2v) is 19.8. The van der Waals surface area contributed by atoms with E-state index in [1.165, 1.54) is 71.4 Å². The maximum atomic E-state index is 5.18. The van der Waals surface area contributed by atoms with E-state index in [4.69, 9.17) is 15.0 Å². The van der Waals surface area contributed by atoms with Crippen molar-refractivity contribution in [3.05, 3.63) is 266 Å². The molecule has 0 bridgehead atoms. The molecule has 0 spiro atoms. The van der Waals surface area contributed by atoms with Gasteiger partial charge in [0.2, 0.25) is 0 Å². The Balaban J connectivity index is 0.866. The van der Waals surface area contributed by atoms with Crippen LogP contribution in [0.2, 0.25) is 0 Å². The monoisotopic (exact) mass is 972 g/mol. The quantitative estimate of drug-likeness (QED) is 0.152. The molecule has 76 heavy (non-hydrogen) atoms. The van der Waals surface area contributed by atoms with E-state index in [0.717, 1.165) is 57.6 Å². The Morgan fingerprint density at radius 1 is 0.368 bits per heavy atom. The number of hydrogen-bond donors (Lipinski definition) is 0. The first-order valence-corrected chi connectivity index (χ1v) is 26.2. The molecule has 13 aromatic rings. The third kappa shape index (κ3) is 7.21. The molecule has 0 radical (unpaired) electrons. The molecule has 15 rings (SSSR count). The van der Waals surface area contributed by atoms with Gasteiger partial charge in [-0.3, -0.25) is 0 Å². The van der Waals surface area contributed by atoms with Gasteiger partial charge in [-0.1, -0.05) is 206 Å². The predicted octanol–water partition coefficient (Wildman–Crippen LogP) is 17.5. The van der Waals surface area contributed by atoms with E-state index >= 15 is 0 Å². The lowest BCUT2D eigenvalue weighted by Crippen LogP contribution is -2.06. The van der Waals surface area contributed by atoms with Crippen molar-refractivity contribution >= 4 is 60.6 Å². The summed E-state index contributed by atoms with van der Waals surface area (Å²) in [4.78, 5) is 15.4. The average Bonchev–Trinajstić information content (AvgIpc) is 4.10. The highest BCUT2D eigenvalue weighted by atomic mass is 15.0. The summed E-state index contributed by atoms with van der Waals surface area (Å²) in [5.41, 5.74) is 18.1. The summed E-state index contributed by atoms with van der Waals surface area (Å²) in [6, 6.07) is 76.8. The molecule has 1 unspecified atom stereocenters. The normalized spacial score (nSPS) is 14.1. The zero-order valence-corrected chi connectivity index (χ0v) is 41.5. The molecule has 9 aromatic carbocycles. The van der Waals surface area contributed by atoms with Crippen molar-refractivity contribution in [3.63, 3.8) is 0 Å². The molecule has 2 aliphatic carbocycles. The van der Waals surface area contributed by atoms with E-state index in [2.05, 4.69) is 238 Å². The first kappa shape index (κ1) is 43.7. The molecule has 0 fully saturated rings. The Hall–Kier alpha value is -9.91. The highest BCUT2D eigenvalue weighted by Gasteiger charge is 2.23. The average molecular weight is 973 g/mol. The molecule has 0 saturated heterocycles. The van der Waals surface area contributed by atoms with Crippen LogP contribution in [-0.2, 0) is 6.42 Å². The maximum absolute atomic E-state index is 5.18. The summed E-state index contributed by atoms with van der Waals surface area (Å²) >= 11 is 0. The molecule has 6 heteroatoms. The van der Waals surface area contributed by atoms with Gasteiger partial charge in [-0.2, -0.15) is 0 Å². The number of allylic oxidation sites excluding steroid dienone is 7. The van der Waals surface area contributed by atoms with Crippen LogP contribution in [0.1, 0.15) is 23.7 Å². The van der Waals surface area contributed by atoms with E-state index in [1.807, 2.05) is 36.4 Å². The second-order valence-electron chi connectivity index (χ2n) is 19.8. The summed E-state index contributed by atoms with van der Waals surface area (Å²) in [7, 11) is 0. The summed E-state index contributed by atoms with van der Waals surface area (Å²) in [5.74, 6) is 1.88. The fourth-order valence-corrected chi connectivity index (χ4v) is 11.9. The largest absolute Gasteiger partial charge is 0.333 e. The van der Waals surface area contributed by atoms with Gasteiger partial charge in [0.25, 0.3) is 0 Å². The molecule has 1 atom stereocenters. The van der Waals surface area contributed by atoms with Crippen LogP contribution < -0.4 is 0 Å². The van der Waals surface area contributed by atoms with Crippen molar-refractivity contribution < 1.29 is 0 Å². The molecule has 0 aliphatic heterocycles. The van der Waals surface area contributed by atoms with Gasteiger partial charge in [0.1, 0.15) is 0 Å².